The van der Waals surface area contributed by atoms with Crippen molar-refractivity contribution in [2.45, 2.75) is 12.3 Å². The minimum atomic E-state index is -0.618. The van der Waals surface area contributed by atoms with E-state index >= 15 is 0 Å². The summed E-state index contributed by atoms with van der Waals surface area (Å²) >= 11 is 11.8. The highest BCUT2D eigenvalue weighted by Gasteiger charge is 2.25. The number of aromatic nitrogens is 2. The summed E-state index contributed by atoms with van der Waals surface area (Å²) < 4.78 is 20.1. The summed E-state index contributed by atoms with van der Waals surface area (Å²) in [5, 5.41) is 3.85. The smallest absolute Gasteiger partial charge is 0.166 e. The standard InChI is InChI=1S/C20H19Cl2FN4O.C3H4O/c1-27-6-5-11(9-27)12-7-13-16(8-17(12)28-2)24-10-25-20(13)26-15-4-3-14(21)18(22)19(15)23;1-2-3-4/h3-4,7-8,10-11H,5-6,9H2,1-2H3,(H,24,25,26);2-3H,1H2. The molecule has 4 rings (SSSR count). The maximum atomic E-state index is 14.5. The van der Waals surface area contributed by atoms with Crippen molar-refractivity contribution in [1.82, 2.24) is 14.9 Å². The predicted molar refractivity (Wildman–Crippen MR) is 127 cm³/mol. The van der Waals surface area contributed by atoms with Crippen LogP contribution < -0.4 is 10.1 Å². The van der Waals surface area contributed by atoms with E-state index in [0.717, 1.165) is 36.2 Å². The van der Waals surface area contributed by atoms with Crippen LogP contribution in [0.15, 0.2) is 43.2 Å². The Kier molecular flexibility index (Phi) is 8.01. The lowest BCUT2D eigenvalue weighted by Crippen LogP contribution is -2.13. The fourth-order valence-electron chi connectivity index (χ4n) is 3.63. The molecule has 168 valence electrons. The second-order valence-electron chi connectivity index (χ2n) is 7.30. The third-order valence-corrected chi connectivity index (χ3v) is 5.98. The normalized spacial score (nSPS) is 15.7. The highest BCUT2D eigenvalue weighted by molar-refractivity contribution is 6.42. The van der Waals surface area contributed by atoms with E-state index in [1.807, 2.05) is 12.1 Å². The molecule has 9 heteroatoms. The quantitative estimate of drug-likeness (QED) is 0.292. The highest BCUT2D eigenvalue weighted by atomic mass is 35.5. The Morgan fingerprint density at radius 2 is 2.06 bits per heavy atom. The molecule has 1 saturated heterocycles. The molecule has 1 unspecified atom stereocenters. The Balaban J connectivity index is 0.000000668. The maximum Gasteiger partial charge on any atom is 0.166 e. The summed E-state index contributed by atoms with van der Waals surface area (Å²) in [6, 6.07) is 7.02. The molecule has 3 aromatic rings. The molecule has 0 saturated carbocycles. The van der Waals surface area contributed by atoms with Crippen molar-refractivity contribution in [3.8, 4) is 5.75 Å². The van der Waals surface area contributed by atoms with E-state index in [9.17, 15) is 4.39 Å². The zero-order chi connectivity index (χ0) is 23.3. The van der Waals surface area contributed by atoms with Gasteiger partial charge in [-0.1, -0.05) is 29.8 Å². The molecule has 2 heterocycles. The SMILES string of the molecule is C=CC=O.COc1cc2ncnc(Nc3ccc(Cl)c(Cl)c3F)c2cc1C1CCN(C)C1. The van der Waals surface area contributed by atoms with Crippen molar-refractivity contribution in [3.63, 3.8) is 0 Å². The largest absolute Gasteiger partial charge is 0.496 e. The first-order valence-corrected chi connectivity index (χ1v) is 10.6. The van der Waals surface area contributed by atoms with Crippen LogP contribution in [-0.2, 0) is 4.79 Å². The summed E-state index contributed by atoms with van der Waals surface area (Å²) in [7, 11) is 3.77. The Morgan fingerprint density at radius 1 is 1.31 bits per heavy atom. The molecule has 1 atom stereocenters. The first-order valence-electron chi connectivity index (χ1n) is 9.87. The lowest BCUT2D eigenvalue weighted by molar-refractivity contribution is -0.104. The number of ether oxygens (including phenoxy) is 1. The van der Waals surface area contributed by atoms with Crippen molar-refractivity contribution >= 4 is 51.9 Å². The summed E-state index contributed by atoms with van der Waals surface area (Å²) in [5.74, 6) is 1.04. The first kappa shape index (κ1) is 23.9. The van der Waals surface area contributed by atoms with Crippen molar-refractivity contribution < 1.29 is 13.9 Å². The van der Waals surface area contributed by atoms with Gasteiger partial charge in [-0.25, -0.2) is 14.4 Å². The lowest BCUT2D eigenvalue weighted by Gasteiger charge is -2.17. The Hall–Kier alpha value is -2.74. The number of hydrogen-bond donors (Lipinski definition) is 1. The van der Waals surface area contributed by atoms with Gasteiger partial charge >= 0.3 is 0 Å². The molecule has 0 bridgehead atoms. The number of aldehydes is 1. The van der Waals surface area contributed by atoms with Gasteiger partial charge in [-0.05, 0) is 49.9 Å². The van der Waals surface area contributed by atoms with Gasteiger partial charge in [0, 0.05) is 23.9 Å². The molecule has 1 fully saturated rings. The molecular formula is C23H23Cl2FN4O2. The monoisotopic (exact) mass is 476 g/mol. The number of benzene rings is 2. The van der Waals surface area contributed by atoms with Crippen LogP contribution in [0.25, 0.3) is 10.9 Å². The van der Waals surface area contributed by atoms with Crippen LogP contribution in [-0.4, -0.2) is 48.4 Å². The molecule has 0 radical (unpaired) electrons. The summed E-state index contributed by atoms with van der Waals surface area (Å²) in [6.45, 7) is 5.11. The molecule has 1 aliphatic heterocycles. The topological polar surface area (TPSA) is 67.3 Å². The maximum absolute atomic E-state index is 14.5. The molecule has 32 heavy (non-hydrogen) atoms. The van der Waals surface area contributed by atoms with E-state index in [1.165, 1.54) is 18.5 Å². The number of methoxy groups -OCH3 is 1. The van der Waals surface area contributed by atoms with Crippen LogP contribution in [0, 0.1) is 5.82 Å². The van der Waals surface area contributed by atoms with Crippen molar-refractivity contribution in [2.75, 3.05) is 32.6 Å². The number of anilines is 2. The van der Waals surface area contributed by atoms with Gasteiger partial charge < -0.3 is 15.0 Å². The van der Waals surface area contributed by atoms with E-state index < -0.39 is 5.82 Å². The molecule has 0 spiro atoms. The molecular weight excluding hydrogens is 454 g/mol. The second kappa shape index (κ2) is 10.7. The van der Waals surface area contributed by atoms with Crippen LogP contribution in [0.5, 0.6) is 5.75 Å². The van der Waals surface area contributed by atoms with Crippen LogP contribution in [0.2, 0.25) is 10.0 Å². The van der Waals surface area contributed by atoms with Gasteiger partial charge in [0.25, 0.3) is 0 Å². The zero-order valence-electron chi connectivity index (χ0n) is 17.7. The second-order valence-corrected chi connectivity index (χ2v) is 8.09. The highest BCUT2D eigenvalue weighted by Crippen LogP contribution is 2.38. The number of fused-ring (bicyclic) bond motifs is 1. The van der Waals surface area contributed by atoms with Crippen LogP contribution >= 0.6 is 23.2 Å². The number of hydrogen-bond acceptors (Lipinski definition) is 6. The number of carbonyl (C=O) groups is 1. The summed E-state index contributed by atoms with van der Waals surface area (Å²) in [5.41, 5.74) is 2.02. The van der Waals surface area contributed by atoms with Crippen LogP contribution in [0.4, 0.5) is 15.9 Å². The Bertz CT molecular complexity index is 1140. The molecule has 0 amide bonds. The van der Waals surface area contributed by atoms with E-state index in [1.54, 1.807) is 13.2 Å². The van der Waals surface area contributed by atoms with E-state index in [-0.39, 0.29) is 15.7 Å². The zero-order valence-corrected chi connectivity index (χ0v) is 19.3. The minimum absolute atomic E-state index is 0.124. The van der Waals surface area contributed by atoms with E-state index in [4.69, 9.17) is 32.7 Å². The van der Waals surface area contributed by atoms with Crippen molar-refractivity contribution in [3.05, 3.63) is 64.7 Å². The average Bonchev–Trinajstić information content (AvgIpc) is 3.24. The number of likely N-dealkylation sites (N-methyl/N-ethyl adjacent to an activating group) is 1. The molecule has 2 aromatic carbocycles. The Morgan fingerprint density at radius 3 is 2.69 bits per heavy atom. The number of nitrogens with one attached hydrogen (secondary N) is 1. The predicted octanol–water partition coefficient (Wildman–Crippen LogP) is 5.62. The van der Waals surface area contributed by atoms with Crippen molar-refractivity contribution in [1.29, 1.82) is 0 Å². The van der Waals surface area contributed by atoms with E-state index in [0.29, 0.717) is 23.5 Å². The molecule has 1 aliphatic rings. The van der Waals surface area contributed by atoms with Crippen LogP contribution in [0.1, 0.15) is 17.9 Å². The van der Waals surface area contributed by atoms with Gasteiger partial charge in [0.05, 0.1) is 28.4 Å². The molecule has 0 aliphatic carbocycles. The van der Waals surface area contributed by atoms with Gasteiger partial charge in [0.1, 0.15) is 24.2 Å². The van der Waals surface area contributed by atoms with Gasteiger partial charge in [0.2, 0.25) is 0 Å². The first-order chi connectivity index (χ1) is 15.4. The van der Waals surface area contributed by atoms with E-state index in [2.05, 4.69) is 33.8 Å². The molecule has 1 aromatic heterocycles. The number of likely N-dealkylation sites (tertiary alicyclic amines) is 1. The molecule has 1 N–H and O–H groups in total. The fraction of sp³-hybridized carbons (Fsp3) is 0.261. The van der Waals surface area contributed by atoms with Gasteiger partial charge in [-0.2, -0.15) is 0 Å². The summed E-state index contributed by atoms with van der Waals surface area (Å²) in [4.78, 5) is 20.0. The average molecular weight is 477 g/mol. The number of carbonyl (C=O) groups excluding carboxylic acids is 1. The van der Waals surface area contributed by atoms with Crippen molar-refractivity contribution in [2.24, 2.45) is 0 Å². The third kappa shape index (κ3) is 5.18. The van der Waals surface area contributed by atoms with Gasteiger partial charge in [-0.3, -0.25) is 4.79 Å². The van der Waals surface area contributed by atoms with Gasteiger partial charge in [-0.15, -0.1) is 0 Å². The minimum Gasteiger partial charge on any atom is -0.496 e. The van der Waals surface area contributed by atoms with Gasteiger partial charge in [0.15, 0.2) is 5.82 Å². The number of allylic oxidation sites excluding steroid dienone is 1. The fourth-order valence-corrected chi connectivity index (χ4v) is 3.95. The summed E-state index contributed by atoms with van der Waals surface area (Å²) in [6.07, 6.45) is 4.32. The third-order valence-electron chi connectivity index (χ3n) is 5.20. The number of halogens is 3. The number of rotatable bonds is 5. The Labute approximate surface area is 196 Å². The van der Waals surface area contributed by atoms with Crippen LogP contribution in [0.3, 0.4) is 0 Å². The molecule has 6 nitrogen and oxygen atoms in total. The lowest BCUT2D eigenvalue weighted by atomic mass is 9.95. The number of nitrogens with zero attached hydrogens (tertiary/aromatic N) is 3.